The maximum absolute atomic E-state index is 13.7. The van der Waals surface area contributed by atoms with E-state index in [1.54, 1.807) is 4.68 Å². The average molecular weight is 443 g/mol. The van der Waals surface area contributed by atoms with Crippen LogP contribution in [-0.2, 0) is 0 Å². The second-order valence-electron chi connectivity index (χ2n) is 9.83. The van der Waals surface area contributed by atoms with Gasteiger partial charge in [0.15, 0.2) is 0 Å². The van der Waals surface area contributed by atoms with Gasteiger partial charge < -0.3 is 15.0 Å². The van der Waals surface area contributed by atoms with E-state index < -0.39 is 0 Å². The fraction of sp³-hybridized carbons (Fsp3) is 0.407. The number of benzene rings is 2. The lowest BCUT2D eigenvalue weighted by atomic mass is 9.80. The first-order valence-electron chi connectivity index (χ1n) is 12.0. The van der Waals surface area contributed by atoms with Crippen molar-refractivity contribution >= 4 is 5.91 Å². The normalized spacial score (nSPS) is 21.9. The second kappa shape index (κ2) is 8.03. The number of amides is 1. The number of aromatic nitrogens is 2. The maximum atomic E-state index is 13.7. The zero-order chi connectivity index (χ0) is 22.4. The highest BCUT2D eigenvalue weighted by atomic mass is 16.5. The molecule has 0 bridgehead atoms. The van der Waals surface area contributed by atoms with E-state index in [2.05, 4.69) is 23.3 Å². The minimum Gasteiger partial charge on any atom is -0.487 e. The van der Waals surface area contributed by atoms with Crippen molar-refractivity contribution in [1.29, 1.82) is 0 Å². The largest absolute Gasteiger partial charge is 0.487 e. The summed E-state index contributed by atoms with van der Waals surface area (Å²) < 4.78 is 8.37. The quantitative estimate of drug-likeness (QED) is 0.648. The minimum atomic E-state index is -0.225. The van der Waals surface area contributed by atoms with E-state index in [-0.39, 0.29) is 17.6 Å². The topological polar surface area (TPSA) is 59.4 Å². The molecule has 1 saturated carbocycles. The third-order valence-corrected chi connectivity index (χ3v) is 7.36. The number of hydrogen-bond donors (Lipinski definition) is 1. The molecule has 6 rings (SSSR count). The fourth-order valence-corrected chi connectivity index (χ4v) is 5.22. The van der Waals surface area contributed by atoms with Crippen LogP contribution in [0, 0.1) is 0 Å². The maximum Gasteiger partial charge on any atom is 0.270 e. The Morgan fingerprint density at radius 3 is 2.55 bits per heavy atom. The molecule has 0 radical (unpaired) electrons. The van der Waals surface area contributed by atoms with E-state index in [4.69, 9.17) is 9.84 Å². The predicted octanol–water partition coefficient (Wildman–Crippen LogP) is 4.47. The Morgan fingerprint density at radius 2 is 1.79 bits per heavy atom. The van der Waals surface area contributed by atoms with E-state index in [0.717, 1.165) is 67.9 Å². The number of nitrogens with one attached hydrogen (secondary N) is 1. The molecule has 1 amide bonds. The molecule has 2 fully saturated rings. The van der Waals surface area contributed by atoms with Crippen LogP contribution >= 0.6 is 0 Å². The average Bonchev–Trinajstić information content (AvgIpc) is 3.60. The SMILES string of the molecule is CN1CCC2(CC1)C[C@H](NC(=O)c1cc(C3CC3)nn1-c1ccccc1)c1ccccc1O2. The van der Waals surface area contributed by atoms with Crippen molar-refractivity contribution in [3.05, 3.63) is 77.6 Å². The van der Waals surface area contributed by atoms with Gasteiger partial charge in [-0.1, -0.05) is 36.4 Å². The monoisotopic (exact) mass is 442 g/mol. The highest BCUT2D eigenvalue weighted by molar-refractivity contribution is 5.93. The lowest BCUT2D eigenvalue weighted by Crippen LogP contribution is -2.51. The van der Waals surface area contributed by atoms with Crippen molar-refractivity contribution in [2.75, 3.05) is 20.1 Å². The van der Waals surface area contributed by atoms with Crippen LogP contribution in [0.1, 0.15) is 65.8 Å². The van der Waals surface area contributed by atoms with E-state index in [9.17, 15) is 4.79 Å². The molecular weight excluding hydrogens is 412 g/mol. The molecule has 3 heterocycles. The number of likely N-dealkylation sites (tertiary alicyclic amines) is 1. The van der Waals surface area contributed by atoms with Crippen LogP contribution in [0.25, 0.3) is 5.69 Å². The molecule has 1 aliphatic carbocycles. The zero-order valence-electron chi connectivity index (χ0n) is 19.0. The molecule has 33 heavy (non-hydrogen) atoms. The van der Waals surface area contributed by atoms with Gasteiger partial charge in [-0.2, -0.15) is 5.10 Å². The van der Waals surface area contributed by atoms with Crippen molar-refractivity contribution in [2.45, 2.75) is 49.7 Å². The Labute approximate surface area is 194 Å². The Bertz CT molecular complexity index is 1160. The molecule has 6 nitrogen and oxygen atoms in total. The highest BCUT2D eigenvalue weighted by Crippen LogP contribution is 2.44. The summed E-state index contributed by atoms with van der Waals surface area (Å²) in [5, 5.41) is 8.18. The summed E-state index contributed by atoms with van der Waals surface area (Å²) in [6.07, 6.45) is 5.03. The summed E-state index contributed by atoms with van der Waals surface area (Å²) in [6, 6.07) is 20.0. The summed E-state index contributed by atoms with van der Waals surface area (Å²) >= 11 is 0. The van der Waals surface area contributed by atoms with Crippen LogP contribution in [0.4, 0.5) is 0 Å². The molecule has 2 aliphatic heterocycles. The molecule has 0 unspecified atom stereocenters. The number of nitrogens with zero attached hydrogens (tertiary/aromatic N) is 3. The Hall–Kier alpha value is -3.12. The Morgan fingerprint density at radius 1 is 1.06 bits per heavy atom. The molecule has 1 spiro atoms. The van der Waals surface area contributed by atoms with Crippen LogP contribution in [0.2, 0.25) is 0 Å². The smallest absolute Gasteiger partial charge is 0.270 e. The number of ether oxygens (including phenoxy) is 1. The van der Waals surface area contributed by atoms with Crippen molar-refractivity contribution in [3.8, 4) is 11.4 Å². The standard InChI is InChI=1S/C27H30N4O2/c1-30-15-13-27(14-16-30)18-23(21-9-5-6-10-25(21)33-27)28-26(32)24-17-22(19-11-12-19)29-31(24)20-7-3-2-4-8-20/h2-10,17,19,23H,11-16,18H2,1H3,(H,28,32)/t23-/m0/s1. The van der Waals surface area contributed by atoms with Crippen LogP contribution in [-0.4, -0.2) is 46.3 Å². The van der Waals surface area contributed by atoms with Gasteiger partial charge in [-0.15, -0.1) is 0 Å². The van der Waals surface area contributed by atoms with Crippen molar-refractivity contribution < 1.29 is 9.53 Å². The highest BCUT2D eigenvalue weighted by Gasteiger charge is 2.43. The van der Waals surface area contributed by atoms with E-state index in [1.807, 2.05) is 54.6 Å². The summed E-state index contributed by atoms with van der Waals surface area (Å²) in [6.45, 7) is 2.02. The first kappa shape index (κ1) is 20.5. The first-order valence-corrected chi connectivity index (χ1v) is 12.0. The lowest BCUT2D eigenvalue weighted by Gasteiger charge is -2.46. The number of para-hydroxylation sites is 2. The predicted molar refractivity (Wildman–Crippen MR) is 127 cm³/mol. The third kappa shape index (κ3) is 3.93. The van der Waals surface area contributed by atoms with Crippen LogP contribution in [0.15, 0.2) is 60.7 Å². The van der Waals surface area contributed by atoms with Gasteiger partial charge in [0, 0.05) is 31.0 Å². The molecule has 1 aromatic heterocycles. The lowest BCUT2D eigenvalue weighted by molar-refractivity contribution is -0.0196. The molecule has 2 aromatic carbocycles. The molecule has 6 heteroatoms. The Kier molecular flexibility index (Phi) is 4.98. The first-order chi connectivity index (χ1) is 16.1. The molecule has 1 atom stereocenters. The third-order valence-electron chi connectivity index (χ3n) is 7.36. The van der Waals surface area contributed by atoms with E-state index in [1.165, 1.54) is 0 Å². The zero-order valence-corrected chi connectivity index (χ0v) is 19.0. The van der Waals surface area contributed by atoms with Gasteiger partial charge in [0.05, 0.1) is 17.4 Å². The van der Waals surface area contributed by atoms with Crippen molar-refractivity contribution in [3.63, 3.8) is 0 Å². The van der Waals surface area contributed by atoms with E-state index >= 15 is 0 Å². The number of rotatable bonds is 4. The number of carbonyl (C=O) groups excluding carboxylic acids is 1. The van der Waals surface area contributed by atoms with Gasteiger partial charge >= 0.3 is 0 Å². The molecular formula is C27H30N4O2. The van der Waals surface area contributed by atoms with Gasteiger partial charge in [0.25, 0.3) is 5.91 Å². The fourth-order valence-electron chi connectivity index (χ4n) is 5.22. The number of fused-ring (bicyclic) bond motifs is 1. The second-order valence-corrected chi connectivity index (χ2v) is 9.83. The Balaban J connectivity index is 1.32. The van der Waals surface area contributed by atoms with E-state index in [0.29, 0.717) is 11.6 Å². The van der Waals surface area contributed by atoms with Crippen LogP contribution in [0.5, 0.6) is 5.75 Å². The summed E-state index contributed by atoms with van der Waals surface area (Å²) in [4.78, 5) is 16.0. The van der Waals surface area contributed by atoms with Gasteiger partial charge in [0.2, 0.25) is 0 Å². The number of hydrogen-bond acceptors (Lipinski definition) is 4. The van der Waals surface area contributed by atoms with Crippen molar-refractivity contribution in [2.24, 2.45) is 0 Å². The van der Waals surface area contributed by atoms with Gasteiger partial charge in [-0.05, 0) is 57.0 Å². The number of piperidine rings is 1. The summed E-state index contributed by atoms with van der Waals surface area (Å²) in [7, 11) is 2.16. The van der Waals surface area contributed by atoms with Crippen LogP contribution < -0.4 is 10.1 Å². The van der Waals surface area contributed by atoms with Gasteiger partial charge in [-0.3, -0.25) is 4.79 Å². The summed E-state index contributed by atoms with van der Waals surface area (Å²) in [5.74, 6) is 1.30. The van der Waals surface area contributed by atoms with Crippen LogP contribution in [0.3, 0.4) is 0 Å². The van der Waals surface area contributed by atoms with Gasteiger partial charge in [0.1, 0.15) is 17.0 Å². The molecule has 170 valence electrons. The molecule has 3 aromatic rings. The molecule has 3 aliphatic rings. The van der Waals surface area contributed by atoms with Gasteiger partial charge in [-0.25, -0.2) is 4.68 Å². The summed E-state index contributed by atoms with van der Waals surface area (Å²) in [5.41, 5.74) is 3.36. The number of carbonyl (C=O) groups is 1. The molecule has 1 N–H and O–H groups in total. The minimum absolute atomic E-state index is 0.0805. The molecule has 1 saturated heterocycles. The van der Waals surface area contributed by atoms with Crippen molar-refractivity contribution in [1.82, 2.24) is 20.0 Å².